The maximum Gasteiger partial charge on any atom is 0.258 e. The molecule has 0 saturated heterocycles. The van der Waals surface area contributed by atoms with Crippen LogP contribution in [0, 0.1) is 26.6 Å². The van der Waals surface area contributed by atoms with Crippen molar-refractivity contribution < 1.29 is 9.18 Å². The summed E-state index contributed by atoms with van der Waals surface area (Å²) in [4.78, 5) is 19.6. The van der Waals surface area contributed by atoms with E-state index in [9.17, 15) is 9.18 Å². The van der Waals surface area contributed by atoms with Gasteiger partial charge in [0.05, 0.1) is 27.3 Å². The van der Waals surface area contributed by atoms with E-state index in [1.807, 2.05) is 20.8 Å². The van der Waals surface area contributed by atoms with Gasteiger partial charge < -0.3 is 4.90 Å². The first-order chi connectivity index (χ1) is 10.2. The molecule has 0 aliphatic carbocycles. The SMILES string of the molecule is Cc1nc([C@@H](C)N(C)C(=O)c2c(F)ccc(C)c2Cl)c(C)s1. The molecule has 0 aliphatic rings. The van der Waals surface area contributed by atoms with Crippen LogP contribution in [0.25, 0.3) is 0 Å². The summed E-state index contributed by atoms with van der Waals surface area (Å²) in [5.41, 5.74) is 1.43. The number of thiazole rings is 1. The van der Waals surface area contributed by atoms with E-state index in [2.05, 4.69) is 4.98 Å². The van der Waals surface area contributed by atoms with Crippen LogP contribution in [0.15, 0.2) is 12.1 Å². The highest BCUT2D eigenvalue weighted by atomic mass is 35.5. The fraction of sp³-hybridized carbons (Fsp3) is 0.375. The molecule has 2 rings (SSSR count). The Morgan fingerprint density at radius 2 is 2.00 bits per heavy atom. The summed E-state index contributed by atoms with van der Waals surface area (Å²) in [7, 11) is 1.64. The van der Waals surface area contributed by atoms with Crippen LogP contribution in [0.3, 0.4) is 0 Å². The normalized spacial score (nSPS) is 12.3. The number of amides is 1. The minimum Gasteiger partial charge on any atom is -0.333 e. The number of hydrogen-bond acceptors (Lipinski definition) is 3. The molecule has 118 valence electrons. The van der Waals surface area contributed by atoms with E-state index in [4.69, 9.17) is 11.6 Å². The van der Waals surface area contributed by atoms with Crippen LogP contribution in [-0.2, 0) is 0 Å². The van der Waals surface area contributed by atoms with Crippen LogP contribution >= 0.6 is 22.9 Å². The molecule has 1 aromatic carbocycles. The molecule has 2 aromatic rings. The molecule has 6 heteroatoms. The van der Waals surface area contributed by atoms with Gasteiger partial charge in [-0.25, -0.2) is 9.37 Å². The highest BCUT2D eigenvalue weighted by Crippen LogP contribution is 2.30. The molecule has 0 unspecified atom stereocenters. The average molecular weight is 341 g/mol. The molecule has 0 aliphatic heterocycles. The van der Waals surface area contributed by atoms with Gasteiger partial charge in [-0.2, -0.15) is 0 Å². The van der Waals surface area contributed by atoms with Crippen LogP contribution in [0.1, 0.15) is 44.5 Å². The molecule has 0 bridgehead atoms. The van der Waals surface area contributed by atoms with Crippen molar-refractivity contribution in [1.82, 2.24) is 9.88 Å². The number of carbonyl (C=O) groups is 1. The number of halogens is 2. The van der Waals surface area contributed by atoms with Crippen molar-refractivity contribution in [2.45, 2.75) is 33.7 Å². The minimum atomic E-state index is -0.606. The van der Waals surface area contributed by atoms with E-state index in [1.165, 1.54) is 11.0 Å². The molecule has 3 nitrogen and oxygen atoms in total. The first kappa shape index (κ1) is 16.9. The van der Waals surface area contributed by atoms with Gasteiger partial charge in [0.1, 0.15) is 5.82 Å². The molecule has 1 aromatic heterocycles. The third kappa shape index (κ3) is 3.01. The number of carbonyl (C=O) groups excluding carboxylic acids is 1. The summed E-state index contributed by atoms with van der Waals surface area (Å²) in [6, 6.07) is 2.57. The second-order valence-electron chi connectivity index (χ2n) is 5.32. The van der Waals surface area contributed by atoms with Gasteiger partial charge in [0.15, 0.2) is 0 Å². The summed E-state index contributed by atoms with van der Waals surface area (Å²) in [5.74, 6) is -1.05. The summed E-state index contributed by atoms with van der Waals surface area (Å²) < 4.78 is 14.0. The third-order valence-corrected chi connectivity index (χ3v) is 5.12. The van der Waals surface area contributed by atoms with Crippen molar-refractivity contribution in [1.29, 1.82) is 0 Å². The maximum atomic E-state index is 14.0. The molecular weight excluding hydrogens is 323 g/mol. The number of rotatable bonds is 3. The molecule has 22 heavy (non-hydrogen) atoms. The van der Waals surface area contributed by atoms with Crippen molar-refractivity contribution >= 4 is 28.8 Å². The Labute approximate surface area is 138 Å². The van der Waals surface area contributed by atoms with E-state index in [0.29, 0.717) is 5.56 Å². The van der Waals surface area contributed by atoms with E-state index >= 15 is 0 Å². The van der Waals surface area contributed by atoms with Crippen molar-refractivity contribution in [3.05, 3.63) is 49.7 Å². The van der Waals surface area contributed by atoms with E-state index in [-0.39, 0.29) is 16.6 Å². The quantitative estimate of drug-likeness (QED) is 0.811. The zero-order valence-electron chi connectivity index (χ0n) is 13.2. The van der Waals surface area contributed by atoms with Gasteiger partial charge in [-0.05, 0) is 39.3 Å². The Hall–Kier alpha value is -1.46. The van der Waals surface area contributed by atoms with Gasteiger partial charge in [0, 0.05) is 11.9 Å². The topological polar surface area (TPSA) is 33.2 Å². The second kappa shape index (κ2) is 6.34. The van der Waals surface area contributed by atoms with Gasteiger partial charge in [-0.15, -0.1) is 11.3 Å². The van der Waals surface area contributed by atoms with Crippen LogP contribution in [-0.4, -0.2) is 22.8 Å². The predicted molar refractivity (Wildman–Crippen MR) is 88.2 cm³/mol. The van der Waals surface area contributed by atoms with Gasteiger partial charge in [0.2, 0.25) is 0 Å². The Morgan fingerprint density at radius 1 is 1.36 bits per heavy atom. The Balaban J connectivity index is 2.37. The van der Waals surface area contributed by atoms with Crippen molar-refractivity contribution in [2.24, 2.45) is 0 Å². The van der Waals surface area contributed by atoms with Crippen LogP contribution in [0.5, 0.6) is 0 Å². The zero-order valence-corrected chi connectivity index (χ0v) is 14.8. The fourth-order valence-electron chi connectivity index (χ4n) is 2.32. The smallest absolute Gasteiger partial charge is 0.258 e. The molecule has 1 heterocycles. The van der Waals surface area contributed by atoms with Crippen LogP contribution in [0.2, 0.25) is 5.02 Å². The van der Waals surface area contributed by atoms with Crippen molar-refractivity contribution in [3.8, 4) is 0 Å². The fourth-order valence-corrected chi connectivity index (χ4v) is 3.46. The minimum absolute atomic E-state index is 0.0828. The molecule has 0 N–H and O–H groups in total. The Kier molecular flexibility index (Phi) is 4.87. The summed E-state index contributed by atoms with van der Waals surface area (Å²) in [6.45, 7) is 7.51. The lowest BCUT2D eigenvalue weighted by Crippen LogP contribution is -2.31. The molecule has 0 fully saturated rings. The molecule has 0 radical (unpaired) electrons. The van der Waals surface area contributed by atoms with E-state index in [1.54, 1.807) is 31.4 Å². The van der Waals surface area contributed by atoms with E-state index in [0.717, 1.165) is 15.6 Å². The molecule has 0 spiro atoms. The second-order valence-corrected chi connectivity index (χ2v) is 7.10. The number of aryl methyl sites for hydroxylation is 3. The molecule has 1 atom stereocenters. The average Bonchev–Trinajstić information content (AvgIpc) is 2.80. The number of aromatic nitrogens is 1. The maximum absolute atomic E-state index is 14.0. The van der Waals surface area contributed by atoms with Gasteiger partial charge >= 0.3 is 0 Å². The lowest BCUT2D eigenvalue weighted by Gasteiger charge is -2.25. The predicted octanol–water partition coefficient (Wildman–Crippen LogP) is 4.69. The lowest BCUT2D eigenvalue weighted by molar-refractivity contribution is 0.0735. The lowest BCUT2D eigenvalue weighted by atomic mass is 10.1. The monoisotopic (exact) mass is 340 g/mol. The van der Waals surface area contributed by atoms with Crippen LogP contribution < -0.4 is 0 Å². The van der Waals surface area contributed by atoms with Crippen molar-refractivity contribution in [2.75, 3.05) is 7.05 Å². The largest absolute Gasteiger partial charge is 0.333 e. The number of hydrogen-bond donors (Lipinski definition) is 0. The van der Waals surface area contributed by atoms with Gasteiger partial charge in [-0.3, -0.25) is 4.79 Å². The van der Waals surface area contributed by atoms with Gasteiger partial charge in [-0.1, -0.05) is 17.7 Å². The number of benzene rings is 1. The number of nitrogens with zero attached hydrogens (tertiary/aromatic N) is 2. The third-order valence-electron chi connectivity index (χ3n) is 3.73. The highest BCUT2D eigenvalue weighted by Gasteiger charge is 2.26. The van der Waals surface area contributed by atoms with E-state index < -0.39 is 11.7 Å². The molecule has 0 saturated carbocycles. The standard InChI is InChI=1S/C16H18ClFN2OS/c1-8-6-7-12(18)13(14(8)17)16(21)20(5)9(2)15-10(3)22-11(4)19-15/h6-7,9H,1-5H3/t9-/m1/s1. The summed E-state index contributed by atoms with van der Waals surface area (Å²) in [5, 5.41) is 1.11. The molecular formula is C16H18ClFN2OS. The van der Waals surface area contributed by atoms with Gasteiger partial charge in [0.25, 0.3) is 5.91 Å². The Bertz CT molecular complexity index is 729. The summed E-state index contributed by atoms with van der Waals surface area (Å²) >= 11 is 7.70. The molecule has 1 amide bonds. The summed E-state index contributed by atoms with van der Waals surface area (Å²) in [6.07, 6.45) is 0. The van der Waals surface area contributed by atoms with Crippen molar-refractivity contribution in [3.63, 3.8) is 0 Å². The first-order valence-corrected chi connectivity index (χ1v) is 8.09. The first-order valence-electron chi connectivity index (χ1n) is 6.89. The Morgan fingerprint density at radius 3 is 2.55 bits per heavy atom. The highest BCUT2D eigenvalue weighted by molar-refractivity contribution is 7.11. The van der Waals surface area contributed by atoms with Crippen LogP contribution in [0.4, 0.5) is 4.39 Å². The zero-order chi connectivity index (χ0) is 16.6.